The average Bonchev–Trinajstić information content (AvgIpc) is 3.06. The highest BCUT2D eigenvalue weighted by molar-refractivity contribution is 5.32. The van der Waals surface area contributed by atoms with E-state index in [0.717, 1.165) is 12.5 Å². The summed E-state index contributed by atoms with van der Waals surface area (Å²) >= 11 is 0. The largest absolute Gasteiger partial charge is 0.508 e. The van der Waals surface area contributed by atoms with Crippen molar-refractivity contribution in [3.8, 4) is 5.75 Å². The number of hydrogen-bond acceptors (Lipinski definition) is 2. The number of aromatic hydroxyl groups is 1. The molecule has 0 saturated heterocycles. The van der Waals surface area contributed by atoms with Gasteiger partial charge in [0.15, 0.2) is 0 Å². The highest BCUT2D eigenvalue weighted by atomic mass is 19.1. The standard InChI is InChI=1S/C13H18FNO/c1-9(10-2-3-10)7-15-8-11-6-12(14)4-5-13(11)16/h4-6,9-10,15-16H,2-3,7-8H2,1H3. The lowest BCUT2D eigenvalue weighted by atomic mass is 10.1. The van der Waals surface area contributed by atoms with Gasteiger partial charge in [0.2, 0.25) is 0 Å². The molecule has 1 aliphatic carbocycles. The van der Waals surface area contributed by atoms with E-state index in [4.69, 9.17) is 0 Å². The fourth-order valence-electron chi connectivity index (χ4n) is 1.96. The molecule has 1 fully saturated rings. The van der Waals surface area contributed by atoms with E-state index in [1.54, 1.807) is 0 Å². The van der Waals surface area contributed by atoms with Crippen LogP contribution in [-0.4, -0.2) is 11.7 Å². The van der Waals surface area contributed by atoms with Gasteiger partial charge in [-0.3, -0.25) is 0 Å². The Morgan fingerprint density at radius 1 is 1.50 bits per heavy atom. The van der Waals surface area contributed by atoms with Crippen LogP contribution in [0.5, 0.6) is 5.75 Å². The van der Waals surface area contributed by atoms with Crippen LogP contribution >= 0.6 is 0 Å². The number of hydrogen-bond donors (Lipinski definition) is 2. The normalized spacial score (nSPS) is 17.4. The monoisotopic (exact) mass is 223 g/mol. The predicted octanol–water partition coefficient (Wildman–Crippen LogP) is 2.67. The average molecular weight is 223 g/mol. The molecule has 1 aliphatic rings. The second-order valence-corrected chi connectivity index (χ2v) is 4.72. The molecule has 2 nitrogen and oxygen atoms in total. The van der Waals surface area contributed by atoms with Crippen molar-refractivity contribution in [1.82, 2.24) is 5.32 Å². The van der Waals surface area contributed by atoms with Gasteiger partial charge in [-0.25, -0.2) is 4.39 Å². The summed E-state index contributed by atoms with van der Waals surface area (Å²) in [6.07, 6.45) is 2.68. The first-order valence-corrected chi connectivity index (χ1v) is 5.85. The second-order valence-electron chi connectivity index (χ2n) is 4.72. The third-order valence-electron chi connectivity index (χ3n) is 3.25. The molecule has 0 radical (unpaired) electrons. The predicted molar refractivity (Wildman–Crippen MR) is 61.7 cm³/mol. The van der Waals surface area contributed by atoms with Crippen LogP contribution < -0.4 is 5.32 Å². The van der Waals surface area contributed by atoms with Crippen LogP contribution in [0.25, 0.3) is 0 Å². The Kier molecular flexibility index (Phi) is 3.44. The van der Waals surface area contributed by atoms with Crippen molar-refractivity contribution in [2.75, 3.05) is 6.54 Å². The smallest absolute Gasteiger partial charge is 0.123 e. The van der Waals surface area contributed by atoms with Crippen molar-refractivity contribution >= 4 is 0 Å². The van der Waals surface area contributed by atoms with E-state index in [2.05, 4.69) is 12.2 Å². The van der Waals surface area contributed by atoms with E-state index in [-0.39, 0.29) is 11.6 Å². The van der Waals surface area contributed by atoms with Crippen molar-refractivity contribution in [2.45, 2.75) is 26.3 Å². The van der Waals surface area contributed by atoms with E-state index >= 15 is 0 Å². The molecule has 2 rings (SSSR count). The summed E-state index contributed by atoms with van der Waals surface area (Å²) in [6, 6.07) is 4.05. The Hall–Kier alpha value is -1.09. The summed E-state index contributed by atoms with van der Waals surface area (Å²) in [5.74, 6) is 1.40. The quantitative estimate of drug-likeness (QED) is 0.804. The molecule has 1 unspecified atom stereocenters. The van der Waals surface area contributed by atoms with Gasteiger partial charge in [-0.2, -0.15) is 0 Å². The minimum Gasteiger partial charge on any atom is -0.508 e. The maximum absolute atomic E-state index is 12.9. The Morgan fingerprint density at radius 3 is 2.94 bits per heavy atom. The molecule has 0 aromatic heterocycles. The zero-order valence-corrected chi connectivity index (χ0v) is 9.54. The van der Waals surface area contributed by atoms with Gasteiger partial charge in [0.05, 0.1) is 0 Å². The first kappa shape index (κ1) is 11.4. The molecule has 88 valence electrons. The molecular formula is C13H18FNO. The van der Waals surface area contributed by atoms with Crippen LogP contribution in [0.4, 0.5) is 4.39 Å². The molecular weight excluding hydrogens is 205 g/mol. The zero-order valence-electron chi connectivity index (χ0n) is 9.54. The number of phenolic OH excluding ortho intramolecular Hbond substituents is 1. The molecule has 1 aromatic rings. The van der Waals surface area contributed by atoms with Crippen molar-refractivity contribution < 1.29 is 9.50 Å². The lowest BCUT2D eigenvalue weighted by Crippen LogP contribution is -2.21. The van der Waals surface area contributed by atoms with E-state index in [9.17, 15) is 9.50 Å². The summed E-state index contributed by atoms with van der Waals surface area (Å²) in [5.41, 5.74) is 0.628. The number of benzene rings is 1. The minimum atomic E-state index is -0.301. The number of rotatable bonds is 5. The summed E-state index contributed by atoms with van der Waals surface area (Å²) in [5, 5.41) is 12.8. The topological polar surface area (TPSA) is 32.3 Å². The maximum Gasteiger partial charge on any atom is 0.123 e. The van der Waals surface area contributed by atoms with Gasteiger partial charge in [-0.1, -0.05) is 6.92 Å². The summed E-state index contributed by atoms with van der Waals surface area (Å²) < 4.78 is 12.9. The lowest BCUT2D eigenvalue weighted by Gasteiger charge is -2.12. The number of halogens is 1. The van der Waals surface area contributed by atoms with Crippen molar-refractivity contribution in [1.29, 1.82) is 0 Å². The first-order chi connectivity index (χ1) is 7.66. The van der Waals surface area contributed by atoms with Gasteiger partial charge in [0.25, 0.3) is 0 Å². The third-order valence-corrected chi connectivity index (χ3v) is 3.25. The van der Waals surface area contributed by atoms with Crippen molar-refractivity contribution in [2.24, 2.45) is 11.8 Å². The van der Waals surface area contributed by atoms with Gasteiger partial charge in [0.1, 0.15) is 11.6 Å². The van der Waals surface area contributed by atoms with Crippen molar-refractivity contribution in [3.05, 3.63) is 29.6 Å². The highest BCUT2D eigenvalue weighted by Crippen LogP contribution is 2.36. The highest BCUT2D eigenvalue weighted by Gasteiger charge is 2.27. The molecule has 2 N–H and O–H groups in total. The molecule has 0 aliphatic heterocycles. The fourth-order valence-corrected chi connectivity index (χ4v) is 1.96. The lowest BCUT2D eigenvalue weighted by molar-refractivity contribution is 0.442. The van der Waals surface area contributed by atoms with Crippen LogP contribution in [0.15, 0.2) is 18.2 Å². The van der Waals surface area contributed by atoms with Gasteiger partial charge >= 0.3 is 0 Å². The Morgan fingerprint density at radius 2 is 2.25 bits per heavy atom. The van der Waals surface area contributed by atoms with Crippen LogP contribution in [0.3, 0.4) is 0 Å². The Bertz CT molecular complexity index is 363. The molecule has 1 saturated carbocycles. The molecule has 0 spiro atoms. The molecule has 16 heavy (non-hydrogen) atoms. The Labute approximate surface area is 95.5 Å². The number of nitrogens with one attached hydrogen (secondary N) is 1. The van der Waals surface area contributed by atoms with Crippen molar-refractivity contribution in [3.63, 3.8) is 0 Å². The third kappa shape index (κ3) is 2.95. The first-order valence-electron chi connectivity index (χ1n) is 5.85. The fraction of sp³-hybridized carbons (Fsp3) is 0.538. The van der Waals surface area contributed by atoms with Crippen LogP contribution in [0.2, 0.25) is 0 Å². The van der Waals surface area contributed by atoms with Crippen LogP contribution in [0.1, 0.15) is 25.3 Å². The molecule has 0 heterocycles. The molecule has 0 bridgehead atoms. The summed E-state index contributed by atoms with van der Waals surface area (Å²) in [6.45, 7) is 3.69. The molecule has 1 aromatic carbocycles. The maximum atomic E-state index is 12.9. The van der Waals surface area contributed by atoms with Crippen LogP contribution in [0, 0.1) is 17.7 Å². The minimum absolute atomic E-state index is 0.160. The summed E-state index contributed by atoms with van der Waals surface area (Å²) in [7, 11) is 0. The van der Waals surface area contributed by atoms with Crippen LogP contribution in [-0.2, 0) is 6.54 Å². The van der Waals surface area contributed by atoms with Gasteiger partial charge < -0.3 is 10.4 Å². The SMILES string of the molecule is CC(CNCc1cc(F)ccc1O)C1CC1. The molecule has 1 atom stereocenters. The molecule has 0 amide bonds. The van der Waals surface area contributed by atoms with E-state index in [0.29, 0.717) is 18.0 Å². The van der Waals surface area contributed by atoms with Gasteiger partial charge in [-0.15, -0.1) is 0 Å². The Balaban J connectivity index is 1.81. The van der Waals surface area contributed by atoms with E-state index < -0.39 is 0 Å². The van der Waals surface area contributed by atoms with E-state index in [1.807, 2.05) is 0 Å². The zero-order chi connectivity index (χ0) is 11.5. The van der Waals surface area contributed by atoms with Gasteiger partial charge in [-0.05, 0) is 49.4 Å². The summed E-state index contributed by atoms with van der Waals surface area (Å²) in [4.78, 5) is 0. The van der Waals surface area contributed by atoms with Gasteiger partial charge in [0, 0.05) is 12.1 Å². The number of phenols is 1. The van der Waals surface area contributed by atoms with E-state index in [1.165, 1.54) is 31.0 Å². The second kappa shape index (κ2) is 4.83. The molecule has 3 heteroatoms.